The van der Waals surface area contributed by atoms with Crippen molar-refractivity contribution in [3.05, 3.63) is 70.3 Å². The van der Waals surface area contributed by atoms with Crippen molar-refractivity contribution in [1.29, 1.82) is 0 Å². The topological polar surface area (TPSA) is 78.4 Å². The number of carbonyl (C=O) groups is 2. The first-order valence-corrected chi connectivity index (χ1v) is 14.1. The van der Waals surface area contributed by atoms with Gasteiger partial charge in [-0.05, 0) is 72.6 Å². The Kier molecular flexibility index (Phi) is 11.8. The molecule has 2 aromatic rings. The van der Waals surface area contributed by atoms with Gasteiger partial charge in [0.1, 0.15) is 11.6 Å². The Morgan fingerprint density at radius 3 is 2.05 bits per heavy atom. The van der Waals surface area contributed by atoms with Gasteiger partial charge in [0.2, 0.25) is 5.91 Å². The first-order valence-electron chi connectivity index (χ1n) is 14.1. The molecule has 1 amide bonds. The third-order valence-electron chi connectivity index (χ3n) is 7.35. The molecule has 1 fully saturated rings. The lowest BCUT2D eigenvalue weighted by Crippen LogP contribution is -2.53. The molecular formula is C32H46F2N2O3. The van der Waals surface area contributed by atoms with Crippen molar-refractivity contribution >= 4 is 11.7 Å². The van der Waals surface area contributed by atoms with Gasteiger partial charge < -0.3 is 15.7 Å². The molecule has 1 saturated carbocycles. The van der Waals surface area contributed by atoms with Crippen molar-refractivity contribution < 1.29 is 23.5 Å². The number of amides is 1. The van der Waals surface area contributed by atoms with Crippen molar-refractivity contribution in [2.24, 2.45) is 0 Å². The Hall–Kier alpha value is -2.64. The van der Waals surface area contributed by atoms with E-state index >= 15 is 0 Å². The lowest BCUT2D eigenvalue weighted by atomic mass is 9.73. The SMILES string of the molecule is CC.CC(=O)NC(Cc1cc(F)cc(F)c1)C(O)CNC1(c2cc(C(C)=O)cc(C(C)(C)C)c2)CCCCC1. The molecule has 0 aliphatic heterocycles. The molecule has 0 bridgehead atoms. The molecule has 5 nitrogen and oxygen atoms in total. The molecule has 0 aromatic heterocycles. The summed E-state index contributed by atoms with van der Waals surface area (Å²) in [5.41, 5.74) is 2.54. The van der Waals surface area contributed by atoms with Gasteiger partial charge >= 0.3 is 0 Å². The number of hydrogen-bond acceptors (Lipinski definition) is 4. The van der Waals surface area contributed by atoms with Crippen LogP contribution in [0.3, 0.4) is 0 Å². The van der Waals surface area contributed by atoms with Crippen LogP contribution in [0.5, 0.6) is 0 Å². The number of Topliss-reactive ketones (excluding diaryl/α,β-unsaturated/α-hetero) is 1. The highest BCUT2D eigenvalue weighted by molar-refractivity contribution is 5.94. The fourth-order valence-corrected chi connectivity index (χ4v) is 5.23. The second-order valence-corrected chi connectivity index (χ2v) is 11.5. The van der Waals surface area contributed by atoms with E-state index in [1.165, 1.54) is 19.1 Å². The molecule has 0 saturated heterocycles. The van der Waals surface area contributed by atoms with Gasteiger partial charge in [-0.1, -0.05) is 59.9 Å². The second-order valence-electron chi connectivity index (χ2n) is 11.5. The van der Waals surface area contributed by atoms with Crippen molar-refractivity contribution in [3.63, 3.8) is 0 Å². The second kappa shape index (κ2) is 14.1. The largest absolute Gasteiger partial charge is 0.390 e. The van der Waals surface area contributed by atoms with Crippen LogP contribution in [0.4, 0.5) is 8.78 Å². The van der Waals surface area contributed by atoms with Crippen molar-refractivity contribution in [2.75, 3.05) is 6.54 Å². The zero-order valence-electron chi connectivity index (χ0n) is 24.6. The summed E-state index contributed by atoms with van der Waals surface area (Å²) in [6, 6.07) is 8.57. The fraction of sp³-hybridized carbons (Fsp3) is 0.562. The molecular weight excluding hydrogens is 498 g/mol. The van der Waals surface area contributed by atoms with Crippen molar-refractivity contribution in [1.82, 2.24) is 10.6 Å². The summed E-state index contributed by atoms with van der Waals surface area (Å²) in [5, 5.41) is 17.5. The van der Waals surface area contributed by atoms with E-state index in [1.807, 2.05) is 26.0 Å². The van der Waals surface area contributed by atoms with Crippen LogP contribution in [0.15, 0.2) is 36.4 Å². The first kappa shape index (κ1) is 32.6. The quantitative estimate of drug-likeness (QED) is 0.322. The minimum atomic E-state index is -1.01. The van der Waals surface area contributed by atoms with Gasteiger partial charge in [0, 0.05) is 30.6 Å². The van der Waals surface area contributed by atoms with Gasteiger partial charge in [-0.25, -0.2) is 8.78 Å². The van der Waals surface area contributed by atoms with Gasteiger partial charge in [0.15, 0.2) is 5.78 Å². The molecule has 0 spiro atoms. The normalized spacial score (nSPS) is 16.5. The number of aliphatic hydroxyl groups is 1. The number of benzene rings is 2. The van der Waals surface area contributed by atoms with Crippen LogP contribution in [0.2, 0.25) is 0 Å². The molecule has 7 heteroatoms. The molecule has 0 radical (unpaired) electrons. The predicted molar refractivity (Wildman–Crippen MR) is 153 cm³/mol. The minimum Gasteiger partial charge on any atom is -0.390 e. The Balaban J connectivity index is 0.00000260. The van der Waals surface area contributed by atoms with Gasteiger partial charge in [-0.15, -0.1) is 0 Å². The molecule has 1 aliphatic carbocycles. The van der Waals surface area contributed by atoms with Gasteiger partial charge in [-0.2, -0.15) is 0 Å². The van der Waals surface area contributed by atoms with Crippen LogP contribution in [-0.2, 0) is 22.2 Å². The zero-order valence-corrected chi connectivity index (χ0v) is 24.6. The first-order chi connectivity index (χ1) is 18.3. The highest BCUT2D eigenvalue weighted by Gasteiger charge is 2.36. The van der Waals surface area contributed by atoms with E-state index in [9.17, 15) is 23.5 Å². The summed E-state index contributed by atoms with van der Waals surface area (Å²) in [4.78, 5) is 24.3. The van der Waals surface area contributed by atoms with Crippen LogP contribution < -0.4 is 10.6 Å². The lowest BCUT2D eigenvalue weighted by molar-refractivity contribution is -0.120. The maximum atomic E-state index is 13.8. The zero-order chi connectivity index (χ0) is 29.4. The Labute approximate surface area is 232 Å². The lowest BCUT2D eigenvalue weighted by Gasteiger charge is -2.41. The monoisotopic (exact) mass is 544 g/mol. The molecule has 2 atom stereocenters. The van der Waals surface area contributed by atoms with E-state index < -0.39 is 29.3 Å². The van der Waals surface area contributed by atoms with E-state index in [4.69, 9.17) is 0 Å². The summed E-state index contributed by atoms with van der Waals surface area (Å²) < 4.78 is 27.5. The molecule has 39 heavy (non-hydrogen) atoms. The Morgan fingerprint density at radius 2 is 1.54 bits per heavy atom. The highest BCUT2D eigenvalue weighted by Crippen LogP contribution is 2.39. The van der Waals surface area contributed by atoms with Crippen LogP contribution in [0, 0.1) is 11.6 Å². The van der Waals surface area contributed by atoms with Gasteiger partial charge in [-0.3, -0.25) is 9.59 Å². The summed E-state index contributed by atoms with van der Waals surface area (Å²) in [5.74, 6) is -1.74. The van der Waals surface area contributed by atoms with Crippen LogP contribution in [0.25, 0.3) is 0 Å². The number of halogens is 2. The number of carbonyl (C=O) groups excluding carboxylic acids is 2. The number of rotatable bonds is 9. The number of hydrogen-bond donors (Lipinski definition) is 3. The molecule has 3 rings (SSSR count). The number of aliphatic hydroxyl groups excluding tert-OH is 1. The molecule has 0 heterocycles. The average Bonchev–Trinajstić information content (AvgIpc) is 2.87. The Morgan fingerprint density at radius 1 is 0.949 bits per heavy atom. The van der Waals surface area contributed by atoms with E-state index in [0.29, 0.717) is 11.1 Å². The minimum absolute atomic E-state index is 0.00592. The standard InChI is InChI=1S/C30H40F2N2O3.C2H6/c1-19(35)22-14-23(29(3,4)5)16-24(15-22)30(9-7-6-8-10-30)33-18-28(37)27(34-20(2)36)13-21-11-25(31)17-26(32)12-21;1-2/h11-12,14-17,27-28,33,37H,6-10,13,18H2,1-5H3,(H,34,36);1-2H3. The average molecular weight is 545 g/mol. The Bertz CT molecular complexity index is 1100. The number of nitrogens with one attached hydrogen (secondary N) is 2. The third-order valence-corrected chi connectivity index (χ3v) is 7.35. The molecule has 216 valence electrons. The third kappa shape index (κ3) is 9.21. The van der Waals surface area contributed by atoms with Crippen LogP contribution in [-0.4, -0.2) is 35.5 Å². The predicted octanol–water partition coefficient (Wildman–Crippen LogP) is 6.35. The maximum Gasteiger partial charge on any atom is 0.217 e. The molecule has 3 N–H and O–H groups in total. The summed E-state index contributed by atoms with van der Waals surface area (Å²) in [7, 11) is 0. The van der Waals surface area contributed by atoms with E-state index in [1.54, 1.807) is 6.92 Å². The maximum absolute atomic E-state index is 13.8. The van der Waals surface area contributed by atoms with Gasteiger partial charge in [0.25, 0.3) is 0 Å². The molecule has 2 aromatic carbocycles. The molecule has 1 aliphatic rings. The highest BCUT2D eigenvalue weighted by atomic mass is 19.1. The smallest absolute Gasteiger partial charge is 0.217 e. The summed E-state index contributed by atoms with van der Waals surface area (Å²) in [6.07, 6.45) is 3.91. The van der Waals surface area contributed by atoms with E-state index in [2.05, 4.69) is 37.5 Å². The van der Waals surface area contributed by atoms with Crippen molar-refractivity contribution in [3.8, 4) is 0 Å². The number of ketones is 1. The van der Waals surface area contributed by atoms with Crippen molar-refractivity contribution in [2.45, 2.75) is 110 Å². The van der Waals surface area contributed by atoms with Crippen LogP contribution >= 0.6 is 0 Å². The van der Waals surface area contributed by atoms with E-state index in [0.717, 1.165) is 49.3 Å². The molecule has 2 unspecified atom stereocenters. The summed E-state index contributed by atoms with van der Waals surface area (Å²) in [6.45, 7) is 13.4. The van der Waals surface area contributed by atoms with Crippen LogP contribution in [0.1, 0.15) is 108 Å². The fourth-order valence-electron chi connectivity index (χ4n) is 5.23. The van der Waals surface area contributed by atoms with Gasteiger partial charge in [0.05, 0.1) is 12.1 Å². The van der Waals surface area contributed by atoms with E-state index in [-0.39, 0.29) is 30.1 Å². The summed E-state index contributed by atoms with van der Waals surface area (Å²) >= 11 is 0.